The molecule has 13 atom stereocenters. The second-order valence-corrected chi connectivity index (χ2v) is 37.1. The number of halogens is 3. The zero-order chi connectivity index (χ0) is 100. The zero-order valence-electron chi connectivity index (χ0n) is 77.5. The fraction of sp³-hybridized carbons (Fsp3) is 0.443. The van der Waals surface area contributed by atoms with Crippen molar-refractivity contribution in [2.24, 2.45) is 23.3 Å². The number of carboxylic acid groups (broad SMARTS) is 1. The molecule has 6 aromatic carbocycles. The molecule has 2 fully saturated rings. The highest BCUT2D eigenvalue weighted by Gasteiger charge is 2.45. The van der Waals surface area contributed by atoms with Gasteiger partial charge in [0, 0.05) is 82.0 Å². The molecule has 2 saturated heterocycles. The Bertz CT molecular complexity index is 5390. The number of phenols is 2. The van der Waals surface area contributed by atoms with E-state index in [-0.39, 0.29) is 98.8 Å². The molecule has 2 unspecified atom stereocenters. The number of carboxylic acids is 1. The van der Waals surface area contributed by atoms with Gasteiger partial charge >= 0.3 is 5.97 Å². The molecule has 7 aromatic rings. The van der Waals surface area contributed by atoms with Gasteiger partial charge in [-0.2, -0.15) is 0 Å². The number of primary amides is 1. The average molecular weight is 1940 g/mol. The molecule has 0 radical (unpaired) electrons. The van der Waals surface area contributed by atoms with Crippen LogP contribution in [0.1, 0.15) is 113 Å². The normalized spacial score (nSPS) is 16.0. The van der Waals surface area contributed by atoms with Gasteiger partial charge in [0.05, 0.1) is 55.3 Å². The standard InChI is InChI=1S/C97H121F3N16O19S2/c1-9-10-26-77(96(134)116-54-137-52-80(116)92(130)106-63(50-117)46-84(123)124)112(6)95(133)79(44-58-22-15-12-16-23-58)114(8)93(131)74(42-61-38-67(98)85(100)68(99)39-61)107-83(122)53-136-51-75(87(125)105-49-82(101)121)111-88(126)70(37-55(2)3)108-89(127)71(40-59-28-32-64(118)33-29-59)109-90(128)72(45-62-47-103-69-25-18-17-24-66(62)69)110-91(129)76-27-19-36-115(76)94(132)73(41-60-30-34-65(119)35-31-60)104-48-81(120)78(43-57-20-13-11-14-21-57)113(7)97(135)86(102)56(4)5/h11-18,20-25,28-35,38-39,47,50,55-56,63,70-80,86,103-104,118-119H,9-10,19,26-27,36-37,40-46,48-49,51-54,102H2,1-8H3,(H2,101,121)(H,105,125)(H,106,130)(H,107,122)(H,108,127)(H,109,128)(H,110,129)(H,111,126)(H,123,124)/t63-,70-,71-,72-,73-,74-,75-,76+,77-,78?,79?,80+,86-/m0/s1. The lowest BCUT2D eigenvalue weighted by atomic mass is 9.97. The van der Waals surface area contributed by atoms with Gasteiger partial charge in [-0.15, -0.1) is 23.5 Å². The third-order valence-corrected chi connectivity index (χ3v) is 26.0. The van der Waals surface area contributed by atoms with E-state index < -0.39 is 228 Å². The number of unbranched alkanes of at least 4 members (excludes halogenated alkanes) is 1. The van der Waals surface area contributed by atoms with Gasteiger partial charge in [0.25, 0.3) is 0 Å². The van der Waals surface area contributed by atoms with Crippen LogP contribution in [0.5, 0.6) is 11.5 Å². The molecule has 0 bridgehead atoms. The molecule has 9 rings (SSSR count). The van der Waals surface area contributed by atoms with E-state index in [9.17, 15) is 62.9 Å². The van der Waals surface area contributed by atoms with Crippen LogP contribution in [0.25, 0.3) is 10.9 Å². The lowest BCUT2D eigenvalue weighted by Gasteiger charge is -2.37. The first-order chi connectivity index (χ1) is 65.2. The number of phenolic OH excluding ortho intramolecular Hbond substituents is 2. The topological polar surface area (TPSA) is 514 Å². The second kappa shape index (κ2) is 51.6. The van der Waals surface area contributed by atoms with E-state index in [1.807, 2.05) is 25.1 Å². The molecule has 35 nitrogen and oxygen atoms in total. The van der Waals surface area contributed by atoms with E-state index in [0.29, 0.717) is 76.3 Å². The smallest absolute Gasteiger partial charge is 0.305 e. The summed E-state index contributed by atoms with van der Waals surface area (Å²) in [4.78, 5) is 238. The number of likely N-dealkylation sites (tertiary alicyclic amines) is 1. The molecule has 13 amide bonds. The molecule has 40 heteroatoms. The molecule has 0 aliphatic carbocycles. The first-order valence-electron chi connectivity index (χ1n) is 45.2. The number of likely N-dealkylation sites (N-methyl/N-ethyl adjacent to an activating group) is 3. The molecule has 2 aliphatic heterocycles. The predicted octanol–water partition coefficient (Wildman–Crippen LogP) is 3.79. The lowest BCUT2D eigenvalue weighted by Crippen LogP contribution is -2.60. The minimum Gasteiger partial charge on any atom is -0.508 e. The molecular formula is C97H121F3N16O19S2. The number of aromatic nitrogens is 1. The molecule has 0 spiro atoms. The van der Waals surface area contributed by atoms with Crippen LogP contribution < -0.4 is 54.0 Å². The summed E-state index contributed by atoms with van der Waals surface area (Å²) in [6, 6.07) is 19.2. The molecule has 137 heavy (non-hydrogen) atoms. The zero-order valence-corrected chi connectivity index (χ0v) is 79.2. The van der Waals surface area contributed by atoms with Crippen molar-refractivity contribution >= 4 is 129 Å². The number of carbonyl (C=O) groups excluding carboxylic acids is 15. The van der Waals surface area contributed by atoms with Crippen LogP contribution in [0, 0.1) is 29.3 Å². The molecule has 2 aliphatic rings. The summed E-state index contributed by atoms with van der Waals surface area (Å²) in [5.74, 6) is -20.3. The Morgan fingerprint density at radius 2 is 1.10 bits per heavy atom. The summed E-state index contributed by atoms with van der Waals surface area (Å²) < 4.78 is 44.9. The van der Waals surface area contributed by atoms with Gasteiger partial charge < -0.3 is 98.3 Å². The van der Waals surface area contributed by atoms with Crippen LogP contribution in [0.15, 0.2) is 152 Å². The van der Waals surface area contributed by atoms with Crippen molar-refractivity contribution in [3.8, 4) is 11.5 Å². The van der Waals surface area contributed by atoms with Crippen molar-refractivity contribution < 1.29 is 105 Å². The van der Waals surface area contributed by atoms with E-state index in [4.69, 9.17) is 11.5 Å². The van der Waals surface area contributed by atoms with Gasteiger partial charge in [-0.3, -0.25) is 77.2 Å². The summed E-state index contributed by atoms with van der Waals surface area (Å²) in [5.41, 5.74) is 14.8. The Hall–Kier alpha value is -13.2. The largest absolute Gasteiger partial charge is 0.508 e. The molecule has 3 heterocycles. The van der Waals surface area contributed by atoms with Crippen LogP contribution in [0.3, 0.4) is 0 Å². The van der Waals surface area contributed by atoms with E-state index >= 15 is 42.3 Å². The van der Waals surface area contributed by atoms with Crippen LogP contribution in [-0.2, 0) is 115 Å². The number of H-pyrrole nitrogens is 1. The van der Waals surface area contributed by atoms with Crippen molar-refractivity contribution in [1.29, 1.82) is 0 Å². The first kappa shape index (κ1) is 107. The van der Waals surface area contributed by atoms with E-state index in [1.165, 1.54) is 84.0 Å². The Balaban J connectivity index is 0.955. The fourth-order valence-corrected chi connectivity index (χ4v) is 18.3. The molecule has 1 aromatic heterocycles. The lowest BCUT2D eigenvalue weighted by molar-refractivity contribution is -0.152. The van der Waals surface area contributed by atoms with Crippen molar-refractivity contribution in [2.45, 2.75) is 197 Å². The van der Waals surface area contributed by atoms with Gasteiger partial charge in [-0.1, -0.05) is 151 Å². The Kier molecular flexibility index (Phi) is 40.5. The summed E-state index contributed by atoms with van der Waals surface area (Å²) in [6.45, 7) is 7.66. The second-order valence-electron chi connectivity index (χ2n) is 35.0. The summed E-state index contributed by atoms with van der Waals surface area (Å²) in [5, 5.41) is 52.1. The van der Waals surface area contributed by atoms with Crippen LogP contribution >= 0.6 is 23.5 Å². The number of aliphatic carboxylic acids is 1. The Morgan fingerprint density at radius 3 is 1.69 bits per heavy atom. The van der Waals surface area contributed by atoms with E-state index in [0.717, 1.165) is 15.4 Å². The van der Waals surface area contributed by atoms with Gasteiger partial charge in [-0.25, -0.2) is 13.2 Å². The molecule has 0 saturated carbocycles. The molecule has 16 N–H and O–H groups in total. The third kappa shape index (κ3) is 30.9. The monoisotopic (exact) mass is 1930 g/mol. The van der Waals surface area contributed by atoms with E-state index in [2.05, 4.69) is 47.5 Å². The maximum absolute atomic E-state index is 15.5. The third-order valence-electron chi connectivity index (χ3n) is 23.9. The number of nitrogens with one attached hydrogen (secondary N) is 9. The number of Topliss-reactive ketones (excluding diaryl/α,β-unsaturated/α-hetero) is 1. The maximum atomic E-state index is 15.5. The summed E-state index contributed by atoms with van der Waals surface area (Å²) in [7, 11) is 4.02. The number of aromatic hydroxyl groups is 2. The predicted molar refractivity (Wildman–Crippen MR) is 506 cm³/mol. The number of fused-ring (bicyclic) bond motifs is 1. The SMILES string of the molecule is CCCC[C@@H](C(=O)N1CSC[C@@H]1C(=O)N[C@H](C=O)CC(=O)O)N(C)C(=O)C(Cc1ccccc1)N(C)C(=O)[C@H](Cc1cc(F)c(F)c(F)c1)NC(=O)CSC[C@H](NC(=O)[C@H](CC(C)C)NC(=O)[C@H](Cc1ccc(O)cc1)NC(=O)[C@H](Cc1c[nH]c2ccccc12)NC(=O)[C@H]1CCCN1C(=O)[C@H](Cc1ccc(O)cc1)NCC(=O)C(Cc1ccccc1)N(C)C(=O)[C@@H](N)C(C)C)C(=O)NCC(N)=O. The van der Waals surface area contributed by atoms with Crippen LogP contribution in [0.2, 0.25) is 0 Å². The fourth-order valence-electron chi connectivity index (χ4n) is 16.2. The van der Waals surface area contributed by atoms with Crippen LogP contribution in [0.4, 0.5) is 13.2 Å². The number of hydrogen-bond donors (Lipinski definition) is 14. The number of nitrogens with two attached hydrogens (primary N) is 2. The van der Waals surface area contributed by atoms with Crippen molar-refractivity contribution in [3.05, 3.63) is 203 Å². The average Bonchev–Trinajstić information content (AvgIpc) is 1.76. The maximum Gasteiger partial charge on any atom is 0.305 e. The van der Waals surface area contributed by atoms with Crippen molar-refractivity contribution in [1.82, 2.24) is 72.0 Å². The number of rotatable bonds is 51. The highest BCUT2D eigenvalue weighted by Crippen LogP contribution is 2.29. The summed E-state index contributed by atoms with van der Waals surface area (Å²) >= 11 is 1.86. The first-order valence-corrected chi connectivity index (χ1v) is 47.5. The number of carbonyl (C=O) groups is 16. The number of nitrogens with zero attached hydrogens (tertiary/aromatic N) is 5. The van der Waals surface area contributed by atoms with Gasteiger partial charge in [0.2, 0.25) is 76.8 Å². The number of hydrogen-bond acceptors (Lipinski definition) is 22. The number of para-hydroxylation sites is 1. The number of aldehydes is 1. The number of aromatic amines is 1. The van der Waals surface area contributed by atoms with Crippen molar-refractivity contribution in [2.75, 3.05) is 63.9 Å². The highest BCUT2D eigenvalue weighted by molar-refractivity contribution is 8.00. The summed E-state index contributed by atoms with van der Waals surface area (Å²) in [6.07, 6.45) is 0.847. The Labute approximate surface area is 800 Å². The molecule has 736 valence electrons. The number of thioether (sulfide) groups is 2. The number of amides is 13. The van der Waals surface area contributed by atoms with Crippen LogP contribution in [-0.4, -0.2) is 282 Å². The van der Waals surface area contributed by atoms with Gasteiger partial charge in [-0.05, 0) is 126 Å². The minimum absolute atomic E-state index is 0.0332. The van der Waals surface area contributed by atoms with E-state index in [1.54, 1.807) is 113 Å². The number of benzene rings is 6. The Morgan fingerprint density at radius 1 is 0.569 bits per heavy atom. The van der Waals surface area contributed by atoms with Crippen molar-refractivity contribution in [3.63, 3.8) is 0 Å². The number of ketones is 1. The molecular weight excluding hydrogens is 1810 g/mol. The van der Waals surface area contributed by atoms with Gasteiger partial charge in [0.15, 0.2) is 23.2 Å². The minimum atomic E-state index is -1.85. The quantitative estimate of drug-likeness (QED) is 0.0190. The van der Waals surface area contributed by atoms with Gasteiger partial charge in [0.1, 0.15) is 72.2 Å². The highest BCUT2D eigenvalue weighted by atomic mass is 32.2.